The van der Waals surface area contributed by atoms with E-state index in [4.69, 9.17) is 15.2 Å². The van der Waals surface area contributed by atoms with Crippen LogP contribution in [0.2, 0.25) is 0 Å². The molecule has 1 fully saturated rings. The van der Waals surface area contributed by atoms with Crippen molar-refractivity contribution in [3.05, 3.63) is 24.0 Å². The number of carbonyl (C=O) groups is 1. The molecule has 0 radical (unpaired) electrons. The number of ether oxygens (including phenoxy) is 2. The summed E-state index contributed by atoms with van der Waals surface area (Å²) in [5.74, 6) is -0.402. The minimum atomic E-state index is -0.402. The van der Waals surface area contributed by atoms with E-state index in [0.29, 0.717) is 5.69 Å². The molecule has 1 saturated heterocycles. The first-order valence-corrected chi connectivity index (χ1v) is 6.12. The lowest BCUT2D eigenvalue weighted by atomic mass is 10.0. The molecule has 18 heavy (non-hydrogen) atoms. The molecule has 0 bridgehead atoms. The fraction of sp³-hybridized carbons (Fsp3) is 0.538. The van der Waals surface area contributed by atoms with Crippen molar-refractivity contribution in [3.63, 3.8) is 0 Å². The Kier molecular flexibility index (Phi) is 3.81. The predicted octanol–water partition coefficient (Wildman–Crippen LogP) is 1.78. The van der Waals surface area contributed by atoms with Crippen LogP contribution < -0.4 is 5.73 Å². The van der Waals surface area contributed by atoms with E-state index in [1.54, 1.807) is 12.1 Å². The third-order valence-corrected chi connectivity index (χ3v) is 2.92. The number of nitrogen functional groups attached to an aromatic ring is 1. The van der Waals surface area contributed by atoms with Crippen molar-refractivity contribution in [3.8, 4) is 0 Å². The van der Waals surface area contributed by atoms with Crippen LogP contribution in [-0.4, -0.2) is 29.3 Å². The van der Waals surface area contributed by atoms with Crippen molar-refractivity contribution in [2.45, 2.75) is 45.0 Å². The summed E-state index contributed by atoms with van der Waals surface area (Å²) in [6.45, 7) is 3.97. The number of nitrogens with zero attached hydrogens (tertiary/aromatic N) is 1. The van der Waals surface area contributed by atoms with Crippen LogP contribution in [0.5, 0.6) is 0 Å². The zero-order valence-electron chi connectivity index (χ0n) is 10.6. The number of anilines is 1. The van der Waals surface area contributed by atoms with E-state index in [2.05, 4.69) is 4.98 Å². The Morgan fingerprint density at radius 2 is 2.06 bits per heavy atom. The lowest BCUT2D eigenvalue weighted by Gasteiger charge is -2.31. The summed E-state index contributed by atoms with van der Waals surface area (Å²) in [6.07, 6.45) is 3.04. The van der Waals surface area contributed by atoms with Gasteiger partial charge in [-0.05, 0) is 26.0 Å². The van der Waals surface area contributed by atoms with E-state index in [9.17, 15) is 4.79 Å². The molecular weight excluding hydrogens is 232 g/mol. The molecule has 1 aromatic rings. The second-order valence-electron chi connectivity index (χ2n) is 4.73. The number of esters is 1. The smallest absolute Gasteiger partial charge is 0.357 e. The fourth-order valence-electron chi connectivity index (χ4n) is 2.18. The molecular formula is C13H18N2O3. The van der Waals surface area contributed by atoms with E-state index >= 15 is 0 Å². The van der Waals surface area contributed by atoms with Gasteiger partial charge in [0.25, 0.3) is 0 Å². The third kappa shape index (κ3) is 3.20. The molecule has 0 amide bonds. The van der Waals surface area contributed by atoms with E-state index < -0.39 is 5.97 Å². The minimum absolute atomic E-state index is 0.101. The molecule has 1 aliphatic heterocycles. The SMILES string of the molecule is CC1CC(OC(=O)c2ccc(N)cn2)CC(C)O1. The van der Waals surface area contributed by atoms with Crippen LogP contribution in [0, 0.1) is 0 Å². The topological polar surface area (TPSA) is 74.4 Å². The van der Waals surface area contributed by atoms with Crippen LogP contribution in [0.1, 0.15) is 37.2 Å². The fourth-order valence-corrected chi connectivity index (χ4v) is 2.18. The van der Waals surface area contributed by atoms with E-state index in [0.717, 1.165) is 12.8 Å². The van der Waals surface area contributed by atoms with Gasteiger partial charge in [-0.3, -0.25) is 0 Å². The molecule has 2 rings (SSSR count). The van der Waals surface area contributed by atoms with Gasteiger partial charge in [0.2, 0.25) is 0 Å². The summed E-state index contributed by atoms with van der Waals surface area (Å²) < 4.78 is 11.0. The van der Waals surface area contributed by atoms with E-state index in [1.807, 2.05) is 13.8 Å². The highest BCUT2D eigenvalue weighted by atomic mass is 16.6. The van der Waals surface area contributed by atoms with Crippen molar-refractivity contribution in [2.24, 2.45) is 0 Å². The Bertz CT molecular complexity index is 409. The molecule has 0 saturated carbocycles. The number of pyridine rings is 1. The van der Waals surface area contributed by atoms with Gasteiger partial charge < -0.3 is 15.2 Å². The Balaban J connectivity index is 1.96. The summed E-state index contributed by atoms with van der Waals surface area (Å²) >= 11 is 0. The zero-order chi connectivity index (χ0) is 13.1. The number of carbonyl (C=O) groups excluding carboxylic acids is 1. The third-order valence-electron chi connectivity index (χ3n) is 2.92. The zero-order valence-corrected chi connectivity index (χ0v) is 10.6. The second kappa shape index (κ2) is 5.35. The maximum atomic E-state index is 11.9. The minimum Gasteiger partial charge on any atom is -0.457 e. The number of hydrogen-bond acceptors (Lipinski definition) is 5. The summed E-state index contributed by atoms with van der Waals surface area (Å²) in [5.41, 5.74) is 6.33. The molecule has 0 aromatic carbocycles. The highest BCUT2D eigenvalue weighted by Gasteiger charge is 2.27. The Hall–Kier alpha value is -1.62. The summed E-state index contributed by atoms with van der Waals surface area (Å²) in [4.78, 5) is 15.8. The van der Waals surface area contributed by atoms with Crippen molar-refractivity contribution in [1.29, 1.82) is 0 Å². The van der Waals surface area contributed by atoms with Crippen LogP contribution in [0.15, 0.2) is 18.3 Å². The number of aromatic nitrogens is 1. The Morgan fingerprint density at radius 1 is 1.39 bits per heavy atom. The van der Waals surface area contributed by atoms with Gasteiger partial charge >= 0.3 is 5.97 Å². The quantitative estimate of drug-likeness (QED) is 0.810. The van der Waals surface area contributed by atoms with Crippen LogP contribution in [0.25, 0.3) is 0 Å². The van der Waals surface area contributed by atoms with Gasteiger partial charge in [0.15, 0.2) is 0 Å². The van der Waals surface area contributed by atoms with Gasteiger partial charge in [0, 0.05) is 12.8 Å². The number of nitrogens with two attached hydrogens (primary N) is 1. The van der Waals surface area contributed by atoms with Crippen molar-refractivity contribution >= 4 is 11.7 Å². The second-order valence-corrected chi connectivity index (χ2v) is 4.73. The van der Waals surface area contributed by atoms with Crippen LogP contribution in [0.3, 0.4) is 0 Å². The van der Waals surface area contributed by atoms with Crippen molar-refractivity contribution in [1.82, 2.24) is 4.98 Å². The summed E-state index contributed by atoms with van der Waals surface area (Å²) in [7, 11) is 0. The first kappa shape index (κ1) is 12.8. The first-order chi connectivity index (χ1) is 8.54. The van der Waals surface area contributed by atoms with E-state index in [1.165, 1.54) is 6.20 Å². The van der Waals surface area contributed by atoms with Gasteiger partial charge in [-0.1, -0.05) is 0 Å². The molecule has 2 N–H and O–H groups in total. The molecule has 2 heterocycles. The molecule has 5 heteroatoms. The highest BCUT2D eigenvalue weighted by molar-refractivity contribution is 5.87. The van der Waals surface area contributed by atoms with Gasteiger partial charge in [-0.25, -0.2) is 9.78 Å². The lowest BCUT2D eigenvalue weighted by molar-refractivity contribution is -0.0856. The average molecular weight is 250 g/mol. The average Bonchev–Trinajstić information content (AvgIpc) is 2.28. The number of rotatable bonds is 2. The maximum Gasteiger partial charge on any atom is 0.357 e. The van der Waals surface area contributed by atoms with E-state index in [-0.39, 0.29) is 24.0 Å². The summed E-state index contributed by atoms with van der Waals surface area (Å²) in [6, 6.07) is 3.21. The standard InChI is InChI=1S/C13H18N2O3/c1-8-5-11(6-9(2)17-8)18-13(16)12-4-3-10(14)7-15-12/h3-4,7-9,11H,5-6,14H2,1-2H3. The van der Waals surface area contributed by atoms with Crippen LogP contribution in [-0.2, 0) is 9.47 Å². The first-order valence-electron chi connectivity index (χ1n) is 6.12. The molecule has 98 valence electrons. The Labute approximate surface area is 106 Å². The highest BCUT2D eigenvalue weighted by Crippen LogP contribution is 2.22. The Morgan fingerprint density at radius 3 is 2.61 bits per heavy atom. The maximum absolute atomic E-state index is 11.9. The largest absolute Gasteiger partial charge is 0.457 e. The van der Waals surface area contributed by atoms with Gasteiger partial charge in [-0.15, -0.1) is 0 Å². The molecule has 0 spiro atoms. The van der Waals surface area contributed by atoms with Crippen LogP contribution in [0.4, 0.5) is 5.69 Å². The van der Waals surface area contributed by atoms with Crippen molar-refractivity contribution in [2.75, 3.05) is 5.73 Å². The van der Waals surface area contributed by atoms with Gasteiger partial charge in [0.1, 0.15) is 11.8 Å². The molecule has 1 aliphatic rings. The van der Waals surface area contributed by atoms with Crippen LogP contribution >= 0.6 is 0 Å². The normalized spacial score (nSPS) is 27.8. The number of hydrogen-bond donors (Lipinski definition) is 1. The van der Waals surface area contributed by atoms with Gasteiger partial charge in [-0.2, -0.15) is 0 Å². The molecule has 0 aliphatic carbocycles. The molecule has 1 aromatic heterocycles. The lowest BCUT2D eigenvalue weighted by Crippen LogP contribution is -2.35. The molecule has 5 nitrogen and oxygen atoms in total. The predicted molar refractivity (Wildman–Crippen MR) is 67.1 cm³/mol. The van der Waals surface area contributed by atoms with Crippen molar-refractivity contribution < 1.29 is 14.3 Å². The monoisotopic (exact) mass is 250 g/mol. The summed E-state index contributed by atoms with van der Waals surface area (Å²) in [5, 5.41) is 0. The van der Waals surface area contributed by atoms with Gasteiger partial charge in [0.05, 0.1) is 24.1 Å². The molecule has 2 unspecified atom stereocenters. The molecule has 2 atom stereocenters.